The first-order valence-corrected chi connectivity index (χ1v) is 7.14. The summed E-state index contributed by atoms with van der Waals surface area (Å²) in [4.78, 5) is 44.1. The van der Waals surface area contributed by atoms with Crippen LogP contribution < -0.4 is 10.9 Å². The molecule has 1 amide bonds. The highest BCUT2D eigenvalue weighted by Gasteiger charge is 2.19. The Bertz CT molecular complexity index is 798. The maximum atomic E-state index is 12.6. The molecule has 2 rings (SSSR count). The van der Waals surface area contributed by atoms with Gasteiger partial charge in [-0.05, 0) is 18.1 Å². The summed E-state index contributed by atoms with van der Waals surface area (Å²) >= 11 is 0. The van der Waals surface area contributed by atoms with E-state index >= 15 is 0 Å². The number of amides is 1. The van der Waals surface area contributed by atoms with E-state index in [1.54, 1.807) is 18.3 Å². The number of carbonyl (C=O) groups is 2. The fourth-order valence-electron chi connectivity index (χ4n) is 2.07. The van der Waals surface area contributed by atoms with Crippen molar-refractivity contribution in [1.29, 1.82) is 0 Å². The Morgan fingerprint density at radius 3 is 2.78 bits per heavy atom. The predicted molar refractivity (Wildman–Crippen MR) is 83.0 cm³/mol. The molecule has 2 heterocycles. The van der Waals surface area contributed by atoms with Crippen LogP contribution in [-0.2, 0) is 16.1 Å². The van der Waals surface area contributed by atoms with Crippen molar-refractivity contribution < 1.29 is 14.3 Å². The van der Waals surface area contributed by atoms with Crippen LogP contribution in [0.15, 0.2) is 23.1 Å². The molecule has 0 saturated carbocycles. The van der Waals surface area contributed by atoms with Gasteiger partial charge >= 0.3 is 5.97 Å². The number of hydrogen-bond donors (Lipinski definition) is 1. The summed E-state index contributed by atoms with van der Waals surface area (Å²) < 4.78 is 5.88. The second-order valence-corrected chi connectivity index (χ2v) is 5.37. The second-order valence-electron chi connectivity index (χ2n) is 5.37. The van der Waals surface area contributed by atoms with Gasteiger partial charge in [0.2, 0.25) is 0 Å². The molecule has 0 saturated heterocycles. The minimum atomic E-state index is -0.719. The zero-order valence-corrected chi connectivity index (χ0v) is 13.2. The van der Waals surface area contributed by atoms with Crippen LogP contribution in [0.1, 0.15) is 24.3 Å². The first-order chi connectivity index (χ1) is 10.9. The quantitative estimate of drug-likeness (QED) is 0.798. The van der Waals surface area contributed by atoms with Gasteiger partial charge < -0.3 is 10.1 Å². The molecule has 0 spiro atoms. The molecule has 0 aliphatic rings. The minimum absolute atomic E-state index is 0.186. The van der Waals surface area contributed by atoms with Gasteiger partial charge in [0.1, 0.15) is 12.1 Å². The van der Waals surface area contributed by atoms with Gasteiger partial charge in [-0.2, -0.15) is 0 Å². The molecule has 2 aromatic heterocycles. The molecule has 0 aromatic carbocycles. The third kappa shape index (κ3) is 3.71. The van der Waals surface area contributed by atoms with Gasteiger partial charge in [0, 0.05) is 12.7 Å². The summed E-state index contributed by atoms with van der Waals surface area (Å²) in [6.45, 7) is 4.00. The van der Waals surface area contributed by atoms with Crippen LogP contribution in [0.25, 0.3) is 11.2 Å². The van der Waals surface area contributed by atoms with Crippen molar-refractivity contribution >= 4 is 23.0 Å². The average molecular weight is 318 g/mol. The van der Waals surface area contributed by atoms with E-state index in [0.29, 0.717) is 17.7 Å². The van der Waals surface area contributed by atoms with Crippen molar-refractivity contribution in [2.24, 2.45) is 5.92 Å². The summed E-state index contributed by atoms with van der Waals surface area (Å²) in [6.07, 6.45) is 1.57. The lowest BCUT2D eigenvalue weighted by atomic mass is 10.2. The highest BCUT2D eigenvalue weighted by atomic mass is 16.5. The van der Waals surface area contributed by atoms with E-state index in [1.807, 2.05) is 13.8 Å². The molecule has 0 atom stereocenters. The Kier molecular flexibility index (Phi) is 5.05. The molecular formula is C15H18N4O4. The van der Waals surface area contributed by atoms with Crippen LogP contribution >= 0.6 is 0 Å². The van der Waals surface area contributed by atoms with Crippen LogP contribution in [-0.4, -0.2) is 40.1 Å². The Hall–Kier alpha value is -2.77. The van der Waals surface area contributed by atoms with Gasteiger partial charge in [0.25, 0.3) is 11.5 Å². The normalized spacial score (nSPS) is 10.8. The molecular weight excluding hydrogens is 300 g/mol. The number of aromatic nitrogens is 3. The zero-order valence-electron chi connectivity index (χ0n) is 13.2. The predicted octanol–water partition coefficient (Wildman–Crippen LogP) is 0.350. The summed E-state index contributed by atoms with van der Waals surface area (Å²) in [5, 5.41) is 2.33. The monoisotopic (exact) mass is 318 g/mol. The van der Waals surface area contributed by atoms with Gasteiger partial charge in [0.15, 0.2) is 11.3 Å². The molecule has 8 nitrogen and oxygen atoms in total. The summed E-state index contributed by atoms with van der Waals surface area (Å²) in [5.74, 6) is -1.14. The average Bonchev–Trinajstić information content (AvgIpc) is 2.54. The Labute approximate surface area is 132 Å². The molecule has 0 aliphatic carbocycles. The first kappa shape index (κ1) is 16.6. The molecule has 23 heavy (non-hydrogen) atoms. The number of hydrogen-bond acceptors (Lipinski definition) is 6. The molecule has 0 bridgehead atoms. The van der Waals surface area contributed by atoms with Crippen molar-refractivity contribution in [3.63, 3.8) is 0 Å². The lowest BCUT2D eigenvalue weighted by Gasteiger charge is -2.13. The molecule has 2 aromatic rings. The molecule has 0 aliphatic heterocycles. The van der Waals surface area contributed by atoms with Gasteiger partial charge in [-0.25, -0.2) is 9.97 Å². The maximum Gasteiger partial charge on any atom is 0.325 e. The molecule has 122 valence electrons. The molecule has 8 heteroatoms. The SMILES string of the molecule is COC(=O)CNC(=O)c1nc2cccnc2n(CC(C)C)c1=O. The summed E-state index contributed by atoms with van der Waals surface area (Å²) in [6, 6.07) is 3.35. The lowest BCUT2D eigenvalue weighted by molar-refractivity contribution is -0.139. The lowest BCUT2D eigenvalue weighted by Crippen LogP contribution is -2.37. The van der Waals surface area contributed by atoms with Crippen LogP contribution in [0, 0.1) is 5.92 Å². The van der Waals surface area contributed by atoms with E-state index in [4.69, 9.17) is 0 Å². The van der Waals surface area contributed by atoms with E-state index in [1.165, 1.54) is 11.7 Å². The van der Waals surface area contributed by atoms with Crippen molar-refractivity contribution in [3.05, 3.63) is 34.4 Å². The number of nitrogens with one attached hydrogen (secondary N) is 1. The second kappa shape index (κ2) is 6.99. The largest absolute Gasteiger partial charge is 0.468 e. The maximum absolute atomic E-state index is 12.6. The number of carbonyl (C=O) groups excluding carboxylic acids is 2. The number of nitrogens with zero attached hydrogens (tertiary/aromatic N) is 3. The minimum Gasteiger partial charge on any atom is -0.468 e. The van der Waals surface area contributed by atoms with Crippen LogP contribution in [0.4, 0.5) is 0 Å². The smallest absolute Gasteiger partial charge is 0.325 e. The van der Waals surface area contributed by atoms with E-state index in [9.17, 15) is 14.4 Å². The van der Waals surface area contributed by atoms with E-state index in [0.717, 1.165) is 0 Å². The fourth-order valence-corrected chi connectivity index (χ4v) is 2.07. The topological polar surface area (TPSA) is 103 Å². The highest BCUT2D eigenvalue weighted by Crippen LogP contribution is 2.09. The molecule has 1 N–H and O–H groups in total. The zero-order chi connectivity index (χ0) is 17.0. The number of rotatable bonds is 5. The first-order valence-electron chi connectivity index (χ1n) is 7.14. The van der Waals surface area contributed by atoms with Crippen molar-refractivity contribution in [1.82, 2.24) is 19.9 Å². The van der Waals surface area contributed by atoms with Crippen molar-refractivity contribution in [2.45, 2.75) is 20.4 Å². The third-order valence-corrected chi connectivity index (χ3v) is 3.09. The van der Waals surface area contributed by atoms with Crippen LogP contribution in [0.3, 0.4) is 0 Å². The Morgan fingerprint density at radius 2 is 2.13 bits per heavy atom. The number of fused-ring (bicyclic) bond motifs is 1. The van der Waals surface area contributed by atoms with Gasteiger partial charge in [-0.15, -0.1) is 0 Å². The van der Waals surface area contributed by atoms with Gasteiger partial charge in [-0.3, -0.25) is 19.0 Å². The standard InChI is InChI=1S/C15H18N4O4/c1-9(2)8-19-13-10(5-4-6-16-13)18-12(15(19)22)14(21)17-7-11(20)23-3/h4-6,9H,7-8H2,1-3H3,(H,17,21). The molecule has 0 radical (unpaired) electrons. The van der Waals surface area contributed by atoms with Gasteiger partial charge in [-0.1, -0.05) is 13.8 Å². The number of pyridine rings is 1. The number of ether oxygens (including phenoxy) is 1. The third-order valence-electron chi connectivity index (χ3n) is 3.09. The highest BCUT2D eigenvalue weighted by molar-refractivity contribution is 5.95. The van der Waals surface area contributed by atoms with Crippen molar-refractivity contribution in [3.8, 4) is 0 Å². The summed E-state index contributed by atoms with van der Waals surface area (Å²) in [5.41, 5.74) is 0.0639. The van der Waals surface area contributed by atoms with Crippen LogP contribution in [0.5, 0.6) is 0 Å². The Morgan fingerprint density at radius 1 is 1.39 bits per heavy atom. The van der Waals surface area contributed by atoms with Crippen molar-refractivity contribution in [2.75, 3.05) is 13.7 Å². The Balaban J connectivity index is 2.48. The number of methoxy groups -OCH3 is 1. The number of esters is 1. The van der Waals surface area contributed by atoms with Gasteiger partial charge in [0.05, 0.1) is 7.11 Å². The van der Waals surface area contributed by atoms with E-state index < -0.39 is 17.4 Å². The summed E-state index contributed by atoms with van der Waals surface area (Å²) in [7, 11) is 1.21. The fraction of sp³-hybridized carbons (Fsp3) is 0.400. The van der Waals surface area contributed by atoms with E-state index in [-0.39, 0.29) is 18.2 Å². The molecule has 0 fully saturated rings. The molecule has 0 unspecified atom stereocenters. The van der Waals surface area contributed by atoms with E-state index in [2.05, 4.69) is 20.0 Å². The van der Waals surface area contributed by atoms with Crippen LogP contribution in [0.2, 0.25) is 0 Å².